The Hall–Kier alpha value is -2.70. The number of rotatable bonds is 4. The van der Waals surface area contributed by atoms with E-state index in [0.29, 0.717) is 11.8 Å². The van der Waals surface area contributed by atoms with Crippen molar-refractivity contribution in [2.24, 2.45) is 0 Å². The van der Waals surface area contributed by atoms with Crippen LogP contribution < -0.4 is 9.64 Å². The Morgan fingerprint density at radius 2 is 1.72 bits per heavy atom. The van der Waals surface area contributed by atoms with E-state index in [9.17, 15) is 4.79 Å². The molecule has 2 aromatic rings. The number of anilines is 1. The van der Waals surface area contributed by atoms with Gasteiger partial charge in [-0.2, -0.15) is 0 Å². The quantitative estimate of drug-likeness (QED) is 0.793. The van der Waals surface area contributed by atoms with Gasteiger partial charge < -0.3 is 14.5 Å². The lowest BCUT2D eigenvalue weighted by atomic mass is 9.93. The number of carbonyl (C=O) groups excluding carboxylic acids is 1. The van der Waals surface area contributed by atoms with Crippen molar-refractivity contribution in [3.8, 4) is 5.88 Å². The number of aromatic nitrogens is 3. The molecule has 0 radical (unpaired) electrons. The molecule has 0 aliphatic carbocycles. The molecule has 4 heterocycles. The second-order valence-electron chi connectivity index (χ2n) is 8.02. The fraction of sp³-hybridized carbons (Fsp3) is 0.545. The molecule has 2 aliphatic rings. The van der Waals surface area contributed by atoms with E-state index in [2.05, 4.69) is 32.8 Å². The summed E-state index contributed by atoms with van der Waals surface area (Å²) < 4.78 is 6.32. The monoisotopic (exact) mass is 395 g/mol. The van der Waals surface area contributed by atoms with Gasteiger partial charge in [0, 0.05) is 70.5 Å². The first-order valence-corrected chi connectivity index (χ1v) is 10.5. The summed E-state index contributed by atoms with van der Waals surface area (Å²) in [4.78, 5) is 29.4. The van der Waals surface area contributed by atoms with Crippen LogP contribution in [0.2, 0.25) is 0 Å². The Labute approximate surface area is 172 Å². The number of ether oxygens (including phenoxy) is 1. The smallest absolute Gasteiger partial charge is 0.236 e. The van der Waals surface area contributed by atoms with E-state index in [-0.39, 0.29) is 12.0 Å². The van der Waals surface area contributed by atoms with Gasteiger partial charge >= 0.3 is 0 Å². The fourth-order valence-electron chi connectivity index (χ4n) is 4.23. The zero-order valence-electron chi connectivity index (χ0n) is 17.3. The number of piperidine rings is 2. The molecule has 7 heteroatoms. The highest BCUT2D eigenvalue weighted by molar-refractivity contribution is 5.73. The Bertz CT molecular complexity index is 843. The van der Waals surface area contributed by atoms with E-state index in [1.54, 1.807) is 19.3 Å². The zero-order valence-corrected chi connectivity index (χ0v) is 17.3. The van der Waals surface area contributed by atoms with Crippen LogP contribution in [0.1, 0.15) is 49.8 Å². The lowest BCUT2D eigenvalue weighted by Crippen LogP contribution is -2.39. The maximum absolute atomic E-state index is 11.6. The van der Waals surface area contributed by atoms with Gasteiger partial charge in [0.05, 0.1) is 0 Å². The summed E-state index contributed by atoms with van der Waals surface area (Å²) in [5.41, 5.74) is 2.17. The average Bonchev–Trinajstić information content (AvgIpc) is 2.75. The predicted molar refractivity (Wildman–Crippen MR) is 111 cm³/mol. The minimum absolute atomic E-state index is 0.142. The van der Waals surface area contributed by atoms with Crippen molar-refractivity contribution in [2.45, 2.75) is 51.6 Å². The predicted octanol–water partition coefficient (Wildman–Crippen LogP) is 2.95. The van der Waals surface area contributed by atoms with Gasteiger partial charge in [0.15, 0.2) is 0 Å². The van der Waals surface area contributed by atoms with Crippen LogP contribution in [0, 0.1) is 6.92 Å². The third-order valence-corrected chi connectivity index (χ3v) is 5.96. The lowest BCUT2D eigenvalue weighted by Gasteiger charge is -2.34. The van der Waals surface area contributed by atoms with Gasteiger partial charge in [-0.05, 0) is 37.5 Å². The van der Waals surface area contributed by atoms with Gasteiger partial charge in [-0.3, -0.25) is 9.78 Å². The maximum atomic E-state index is 11.6. The van der Waals surface area contributed by atoms with Crippen molar-refractivity contribution in [3.05, 3.63) is 42.0 Å². The maximum Gasteiger partial charge on any atom is 0.236 e. The minimum Gasteiger partial charge on any atom is -0.473 e. The summed E-state index contributed by atoms with van der Waals surface area (Å²) >= 11 is 0. The van der Waals surface area contributed by atoms with Gasteiger partial charge in [-0.25, -0.2) is 9.97 Å². The standard InChI is InChI=1S/C22H29N5O2/c1-16-3-8-23-20(15-16)27-13-6-19(7-14-27)29-22-21(24-9-10-25-22)18-4-11-26(12-5-18)17(2)28/h3,8-10,15,18-19H,4-7,11-14H2,1-2H3. The Morgan fingerprint density at radius 1 is 1.00 bits per heavy atom. The van der Waals surface area contributed by atoms with Crippen LogP contribution >= 0.6 is 0 Å². The molecule has 154 valence electrons. The third kappa shape index (κ3) is 4.66. The Morgan fingerprint density at radius 3 is 2.41 bits per heavy atom. The van der Waals surface area contributed by atoms with Crippen LogP contribution in [0.5, 0.6) is 5.88 Å². The lowest BCUT2D eigenvalue weighted by molar-refractivity contribution is -0.129. The van der Waals surface area contributed by atoms with Crippen LogP contribution in [-0.2, 0) is 4.79 Å². The molecule has 0 saturated carbocycles. The van der Waals surface area contributed by atoms with Gasteiger partial charge in [-0.1, -0.05) is 0 Å². The molecular formula is C22H29N5O2. The number of hydrogen-bond acceptors (Lipinski definition) is 6. The Kier molecular flexibility index (Phi) is 5.92. The molecule has 4 rings (SSSR count). The van der Waals surface area contributed by atoms with E-state index < -0.39 is 0 Å². The van der Waals surface area contributed by atoms with Gasteiger partial charge in [0.2, 0.25) is 11.8 Å². The summed E-state index contributed by atoms with van der Waals surface area (Å²) in [6.07, 6.45) is 9.15. The van der Waals surface area contributed by atoms with Gasteiger partial charge in [0.1, 0.15) is 17.6 Å². The number of aryl methyl sites for hydroxylation is 1. The first kappa shape index (κ1) is 19.6. The number of pyridine rings is 1. The molecule has 0 spiro atoms. The highest BCUT2D eigenvalue weighted by Crippen LogP contribution is 2.32. The third-order valence-electron chi connectivity index (χ3n) is 5.96. The van der Waals surface area contributed by atoms with Gasteiger partial charge in [-0.15, -0.1) is 0 Å². The Balaban J connectivity index is 1.37. The fourth-order valence-corrected chi connectivity index (χ4v) is 4.23. The first-order chi connectivity index (χ1) is 14.1. The largest absolute Gasteiger partial charge is 0.473 e. The second-order valence-corrected chi connectivity index (χ2v) is 8.02. The van der Waals surface area contributed by atoms with Crippen molar-refractivity contribution in [1.82, 2.24) is 19.9 Å². The normalized spacial score (nSPS) is 18.7. The van der Waals surface area contributed by atoms with E-state index >= 15 is 0 Å². The second kappa shape index (κ2) is 8.76. The molecule has 0 N–H and O–H groups in total. The van der Waals surface area contributed by atoms with Crippen LogP contribution in [-0.4, -0.2) is 58.0 Å². The van der Waals surface area contributed by atoms with Crippen LogP contribution in [0.3, 0.4) is 0 Å². The van der Waals surface area contributed by atoms with Crippen molar-refractivity contribution < 1.29 is 9.53 Å². The molecule has 0 aromatic carbocycles. The number of hydrogen-bond donors (Lipinski definition) is 0. The van der Waals surface area contributed by atoms with Crippen molar-refractivity contribution >= 4 is 11.7 Å². The molecule has 1 amide bonds. The number of carbonyl (C=O) groups is 1. The van der Waals surface area contributed by atoms with Crippen LogP contribution in [0.25, 0.3) is 0 Å². The minimum atomic E-state index is 0.142. The summed E-state index contributed by atoms with van der Waals surface area (Å²) in [5, 5.41) is 0. The van der Waals surface area contributed by atoms with E-state index in [1.165, 1.54) is 5.56 Å². The van der Waals surface area contributed by atoms with Crippen LogP contribution in [0.4, 0.5) is 5.82 Å². The first-order valence-electron chi connectivity index (χ1n) is 10.5. The molecule has 2 aliphatic heterocycles. The van der Waals surface area contributed by atoms with Crippen molar-refractivity contribution in [3.63, 3.8) is 0 Å². The number of likely N-dealkylation sites (tertiary alicyclic amines) is 1. The molecular weight excluding hydrogens is 366 g/mol. The van der Waals surface area contributed by atoms with E-state index in [4.69, 9.17) is 4.74 Å². The number of nitrogens with zero attached hydrogens (tertiary/aromatic N) is 5. The highest BCUT2D eigenvalue weighted by atomic mass is 16.5. The van der Waals surface area contributed by atoms with E-state index in [1.807, 2.05) is 17.2 Å². The molecule has 2 saturated heterocycles. The summed E-state index contributed by atoms with van der Waals surface area (Å²) in [5.74, 6) is 2.15. The van der Waals surface area contributed by atoms with Crippen molar-refractivity contribution in [1.29, 1.82) is 0 Å². The molecule has 2 fully saturated rings. The molecule has 7 nitrogen and oxygen atoms in total. The highest BCUT2D eigenvalue weighted by Gasteiger charge is 2.28. The van der Waals surface area contributed by atoms with Crippen LogP contribution in [0.15, 0.2) is 30.7 Å². The topological polar surface area (TPSA) is 71.5 Å². The molecule has 0 atom stereocenters. The molecule has 2 aromatic heterocycles. The van der Waals surface area contributed by atoms with E-state index in [0.717, 1.165) is 63.4 Å². The SMILES string of the molecule is CC(=O)N1CCC(c2nccnc2OC2CCN(c3cc(C)ccn3)CC2)CC1. The van der Waals surface area contributed by atoms with Crippen molar-refractivity contribution in [2.75, 3.05) is 31.1 Å². The zero-order chi connectivity index (χ0) is 20.2. The number of amides is 1. The average molecular weight is 396 g/mol. The van der Waals surface area contributed by atoms with Gasteiger partial charge in [0.25, 0.3) is 0 Å². The molecule has 0 bridgehead atoms. The summed E-state index contributed by atoms with van der Waals surface area (Å²) in [7, 11) is 0. The summed E-state index contributed by atoms with van der Waals surface area (Å²) in [6, 6.07) is 4.16. The molecule has 29 heavy (non-hydrogen) atoms. The summed E-state index contributed by atoms with van der Waals surface area (Å²) in [6.45, 7) is 7.13. The molecule has 0 unspecified atom stereocenters.